The third-order valence-electron chi connectivity index (χ3n) is 3.16. The first-order valence-corrected chi connectivity index (χ1v) is 8.85. The van der Waals surface area contributed by atoms with Crippen LogP contribution >= 0.6 is 0 Å². The zero-order valence-electron chi connectivity index (χ0n) is 12.1. The van der Waals surface area contributed by atoms with Crippen LogP contribution < -0.4 is 5.32 Å². The van der Waals surface area contributed by atoms with Crippen LogP contribution in [-0.2, 0) is 9.84 Å². The normalized spacial score (nSPS) is 13.3. The minimum absolute atomic E-state index is 0.0507. The summed E-state index contributed by atoms with van der Waals surface area (Å²) in [5.41, 5.74) is 0.771. The molecule has 0 bridgehead atoms. The Labute approximate surface area is 120 Å². The molecule has 4 nitrogen and oxygen atoms in total. The number of nitrogens with one attached hydrogen (secondary N) is 1. The molecule has 0 aromatic carbocycles. The average molecular weight is 302 g/mol. The van der Waals surface area contributed by atoms with E-state index in [0.29, 0.717) is 12.8 Å². The van der Waals surface area contributed by atoms with E-state index in [9.17, 15) is 12.8 Å². The van der Waals surface area contributed by atoms with Gasteiger partial charge in [-0.1, -0.05) is 13.8 Å². The molecule has 114 valence electrons. The Bertz CT molecular complexity index is 506. The number of halogens is 1. The van der Waals surface area contributed by atoms with Gasteiger partial charge in [0.2, 0.25) is 0 Å². The Kier molecular flexibility index (Phi) is 7.09. The highest BCUT2D eigenvalue weighted by molar-refractivity contribution is 7.91. The molecule has 0 saturated heterocycles. The summed E-state index contributed by atoms with van der Waals surface area (Å²) in [6.07, 6.45) is 4.98. The number of pyridine rings is 1. The van der Waals surface area contributed by atoms with Crippen molar-refractivity contribution >= 4 is 9.84 Å². The van der Waals surface area contributed by atoms with Crippen molar-refractivity contribution in [2.24, 2.45) is 0 Å². The summed E-state index contributed by atoms with van der Waals surface area (Å²) in [4.78, 5) is 3.85. The van der Waals surface area contributed by atoms with E-state index in [0.717, 1.165) is 18.5 Å². The van der Waals surface area contributed by atoms with Gasteiger partial charge in [-0.3, -0.25) is 4.98 Å². The molecule has 20 heavy (non-hydrogen) atoms. The highest BCUT2D eigenvalue weighted by Gasteiger charge is 2.14. The first-order chi connectivity index (χ1) is 9.48. The molecule has 1 aromatic heterocycles. The number of hydrogen-bond donors (Lipinski definition) is 1. The summed E-state index contributed by atoms with van der Waals surface area (Å²) in [6.45, 7) is 4.51. The van der Waals surface area contributed by atoms with E-state index < -0.39 is 9.84 Å². The lowest BCUT2D eigenvalue weighted by molar-refractivity contribution is 0.487. The van der Waals surface area contributed by atoms with E-state index in [4.69, 9.17) is 0 Å². The average Bonchev–Trinajstić information content (AvgIpc) is 2.42. The molecule has 0 fully saturated rings. The monoisotopic (exact) mass is 302 g/mol. The van der Waals surface area contributed by atoms with Crippen molar-refractivity contribution in [2.45, 2.75) is 39.2 Å². The number of rotatable bonds is 9. The van der Waals surface area contributed by atoms with Gasteiger partial charge in [0.05, 0.1) is 11.9 Å². The van der Waals surface area contributed by atoms with Crippen LogP contribution in [0.15, 0.2) is 18.5 Å². The second-order valence-electron chi connectivity index (χ2n) is 4.82. The fourth-order valence-corrected chi connectivity index (χ4v) is 2.87. The fourth-order valence-electron chi connectivity index (χ4n) is 1.98. The SMILES string of the molecule is CCCNC(CCCS(=O)(=O)CC)c1cncc(F)c1. The van der Waals surface area contributed by atoms with Crippen LogP contribution in [-0.4, -0.2) is 31.5 Å². The molecule has 1 atom stereocenters. The van der Waals surface area contributed by atoms with Gasteiger partial charge in [0.1, 0.15) is 15.7 Å². The van der Waals surface area contributed by atoms with Crippen LogP contribution in [0.2, 0.25) is 0 Å². The molecule has 0 amide bonds. The molecule has 0 saturated carbocycles. The molecule has 1 aromatic rings. The smallest absolute Gasteiger partial charge is 0.150 e. The van der Waals surface area contributed by atoms with Crippen LogP contribution in [0.4, 0.5) is 4.39 Å². The largest absolute Gasteiger partial charge is 0.310 e. The van der Waals surface area contributed by atoms with Gasteiger partial charge >= 0.3 is 0 Å². The topological polar surface area (TPSA) is 59.1 Å². The standard InChI is InChI=1S/C14H23FN2O2S/c1-3-7-17-14(6-5-8-20(18,19)4-2)12-9-13(15)11-16-10-12/h9-11,14,17H,3-8H2,1-2H3. The molecular weight excluding hydrogens is 279 g/mol. The van der Waals surface area contributed by atoms with E-state index in [1.807, 2.05) is 0 Å². The fraction of sp³-hybridized carbons (Fsp3) is 0.643. The zero-order valence-corrected chi connectivity index (χ0v) is 12.9. The molecule has 1 rings (SSSR count). The second-order valence-corrected chi connectivity index (χ2v) is 7.29. The van der Waals surface area contributed by atoms with Gasteiger partial charge in [-0.25, -0.2) is 12.8 Å². The highest BCUT2D eigenvalue weighted by Crippen LogP contribution is 2.19. The quantitative estimate of drug-likeness (QED) is 0.761. The molecule has 0 radical (unpaired) electrons. The maximum absolute atomic E-state index is 13.2. The van der Waals surface area contributed by atoms with E-state index in [2.05, 4.69) is 17.2 Å². The van der Waals surface area contributed by atoms with Gasteiger partial charge in [-0.15, -0.1) is 0 Å². The summed E-state index contributed by atoms with van der Waals surface area (Å²) in [6, 6.07) is 1.40. The summed E-state index contributed by atoms with van der Waals surface area (Å²) in [5, 5.41) is 3.32. The van der Waals surface area contributed by atoms with Crippen LogP contribution in [0.5, 0.6) is 0 Å². The van der Waals surface area contributed by atoms with Crippen molar-refractivity contribution in [3.05, 3.63) is 29.8 Å². The van der Waals surface area contributed by atoms with Crippen molar-refractivity contribution < 1.29 is 12.8 Å². The van der Waals surface area contributed by atoms with Crippen molar-refractivity contribution in [2.75, 3.05) is 18.1 Å². The van der Waals surface area contributed by atoms with Gasteiger partial charge in [-0.2, -0.15) is 0 Å². The minimum atomic E-state index is -2.94. The highest BCUT2D eigenvalue weighted by atomic mass is 32.2. The maximum Gasteiger partial charge on any atom is 0.150 e. The Morgan fingerprint density at radius 3 is 2.70 bits per heavy atom. The Hall–Kier alpha value is -1.01. The predicted octanol–water partition coefficient (Wildman–Crippen LogP) is 2.48. The van der Waals surface area contributed by atoms with Crippen LogP contribution in [0, 0.1) is 5.82 Å². The molecular formula is C14H23FN2O2S. The number of nitrogens with zero attached hydrogens (tertiary/aromatic N) is 1. The van der Waals surface area contributed by atoms with Gasteiger partial charge in [0.25, 0.3) is 0 Å². The zero-order chi connectivity index (χ0) is 15.0. The molecule has 0 spiro atoms. The lowest BCUT2D eigenvalue weighted by Crippen LogP contribution is -2.23. The number of aromatic nitrogens is 1. The van der Waals surface area contributed by atoms with Crippen molar-refractivity contribution in [1.82, 2.24) is 10.3 Å². The van der Waals surface area contributed by atoms with Crippen molar-refractivity contribution in [1.29, 1.82) is 0 Å². The van der Waals surface area contributed by atoms with E-state index in [1.165, 1.54) is 12.3 Å². The summed E-state index contributed by atoms with van der Waals surface area (Å²) < 4.78 is 36.2. The molecule has 6 heteroatoms. The van der Waals surface area contributed by atoms with Gasteiger partial charge in [-0.05, 0) is 37.4 Å². The molecule has 0 aliphatic heterocycles. The van der Waals surface area contributed by atoms with Crippen molar-refractivity contribution in [3.63, 3.8) is 0 Å². The van der Waals surface area contributed by atoms with Gasteiger partial charge in [0.15, 0.2) is 0 Å². The first-order valence-electron chi connectivity index (χ1n) is 7.02. The van der Waals surface area contributed by atoms with Gasteiger partial charge in [0, 0.05) is 18.0 Å². The summed E-state index contributed by atoms with van der Waals surface area (Å²) in [7, 11) is -2.94. The summed E-state index contributed by atoms with van der Waals surface area (Å²) in [5.74, 6) is -0.0232. The molecule has 1 unspecified atom stereocenters. The number of sulfone groups is 1. The summed E-state index contributed by atoms with van der Waals surface area (Å²) >= 11 is 0. The molecule has 0 aliphatic carbocycles. The van der Waals surface area contributed by atoms with E-state index >= 15 is 0 Å². The number of hydrogen-bond acceptors (Lipinski definition) is 4. The Morgan fingerprint density at radius 1 is 1.35 bits per heavy atom. The Morgan fingerprint density at radius 2 is 2.10 bits per heavy atom. The van der Waals surface area contributed by atoms with Gasteiger partial charge < -0.3 is 5.32 Å². The van der Waals surface area contributed by atoms with E-state index in [1.54, 1.807) is 13.1 Å². The predicted molar refractivity (Wildman–Crippen MR) is 78.8 cm³/mol. The lowest BCUT2D eigenvalue weighted by Gasteiger charge is -2.18. The maximum atomic E-state index is 13.2. The van der Waals surface area contributed by atoms with E-state index in [-0.39, 0.29) is 23.4 Å². The molecule has 1 heterocycles. The van der Waals surface area contributed by atoms with Crippen molar-refractivity contribution in [3.8, 4) is 0 Å². The van der Waals surface area contributed by atoms with Crippen LogP contribution in [0.3, 0.4) is 0 Å². The Balaban J connectivity index is 2.65. The minimum Gasteiger partial charge on any atom is -0.310 e. The molecule has 0 aliphatic rings. The van der Waals surface area contributed by atoms with Crippen LogP contribution in [0.1, 0.15) is 44.7 Å². The lowest BCUT2D eigenvalue weighted by atomic mass is 10.0. The third-order valence-corrected chi connectivity index (χ3v) is 4.95. The first kappa shape index (κ1) is 17.0. The molecule has 1 N–H and O–H groups in total. The van der Waals surface area contributed by atoms with Crippen LogP contribution in [0.25, 0.3) is 0 Å². The second kappa shape index (κ2) is 8.32. The third kappa shape index (κ3) is 5.96.